The van der Waals surface area contributed by atoms with Crippen molar-refractivity contribution < 1.29 is 0 Å². The molecule has 0 radical (unpaired) electrons. The molecule has 3 heteroatoms. The fourth-order valence-electron chi connectivity index (χ4n) is 10.7. The number of hydrogen-bond donors (Lipinski definition) is 0. The minimum atomic E-state index is -0.274. The average molecular weight is 999 g/mol. The van der Waals surface area contributed by atoms with Gasteiger partial charge in [0.1, 0.15) is 0 Å². The third kappa shape index (κ3) is 10.0. The molecule has 1 atom stereocenters. The standard InChI is InChI=1S/C73H62N2S/c1-9-22-52(12-4)55-30-36-62(37-31-55)75(63-38-32-56(33-39-63)54-25-17-15-18-26-54)64-40-42-66-65-41-34-59(48-68(65)73(7,8)69(66)49-64)58-35-43-70-67(47-58)60(50-74(70)61(14-6)23-10-2)46-51(11-3)24-21-29-53(13-5)71-44-45-72(76-71)57-27-19-16-20-28-57/h9-32,34-50,56H,1-6,33H2,7-8H3/b24-21+,51-46+,52-22+,53-29+,61-23+. The molecule has 76 heavy (non-hydrogen) atoms. The summed E-state index contributed by atoms with van der Waals surface area (Å²) in [5.41, 5.74) is 20.4. The second kappa shape index (κ2) is 22.2. The van der Waals surface area contributed by atoms with Crippen molar-refractivity contribution in [1.82, 2.24) is 4.57 Å². The van der Waals surface area contributed by atoms with Gasteiger partial charge in [-0.3, -0.25) is 0 Å². The van der Waals surface area contributed by atoms with Gasteiger partial charge in [0, 0.05) is 61.0 Å². The summed E-state index contributed by atoms with van der Waals surface area (Å²) < 4.78 is 2.19. The van der Waals surface area contributed by atoms with Crippen LogP contribution in [-0.2, 0) is 5.41 Å². The van der Waals surface area contributed by atoms with Crippen LogP contribution in [0.1, 0.15) is 58.9 Å². The third-order valence-corrected chi connectivity index (χ3v) is 15.9. The Kier molecular flexibility index (Phi) is 14.8. The quantitative estimate of drug-likeness (QED) is 0.0778. The van der Waals surface area contributed by atoms with E-state index in [9.17, 15) is 0 Å². The highest BCUT2D eigenvalue weighted by Gasteiger charge is 2.36. The summed E-state index contributed by atoms with van der Waals surface area (Å²) in [5.74, 6) is 0.330. The smallest absolute Gasteiger partial charge is 0.0535 e. The molecule has 10 rings (SSSR count). The van der Waals surface area contributed by atoms with E-state index in [0.717, 1.165) is 73.5 Å². The van der Waals surface area contributed by atoms with Gasteiger partial charge in [-0.15, -0.1) is 11.3 Å². The Bertz CT molecular complexity index is 3790. The molecule has 370 valence electrons. The average Bonchev–Trinajstić information content (AvgIpc) is 4.25. The number of rotatable bonds is 18. The predicted octanol–water partition coefficient (Wildman–Crippen LogP) is 20.5. The number of aromatic nitrogens is 1. The number of thiophene rings is 1. The second-order valence-corrected chi connectivity index (χ2v) is 20.7. The van der Waals surface area contributed by atoms with Crippen molar-refractivity contribution in [2.24, 2.45) is 0 Å². The molecule has 2 aliphatic carbocycles. The highest BCUT2D eigenvalue weighted by atomic mass is 32.1. The Hall–Kier alpha value is -9.02. The molecular formula is C73H62N2S. The van der Waals surface area contributed by atoms with E-state index < -0.39 is 0 Å². The summed E-state index contributed by atoms with van der Waals surface area (Å²) in [7, 11) is 0. The predicted molar refractivity (Wildman–Crippen MR) is 333 cm³/mol. The van der Waals surface area contributed by atoms with Crippen LogP contribution in [0.25, 0.3) is 66.5 Å². The van der Waals surface area contributed by atoms with Gasteiger partial charge in [-0.25, -0.2) is 0 Å². The molecule has 2 aliphatic rings. The first kappa shape index (κ1) is 50.5. The number of anilines is 2. The third-order valence-electron chi connectivity index (χ3n) is 14.7. The summed E-state index contributed by atoms with van der Waals surface area (Å²) in [6.45, 7) is 29.3. The lowest BCUT2D eigenvalue weighted by atomic mass is 9.81. The molecule has 0 aliphatic heterocycles. The zero-order valence-electron chi connectivity index (χ0n) is 43.5. The number of nitrogens with zero attached hydrogens (tertiary/aromatic N) is 2. The molecule has 0 N–H and O–H groups in total. The van der Waals surface area contributed by atoms with Gasteiger partial charge < -0.3 is 9.47 Å². The van der Waals surface area contributed by atoms with Crippen LogP contribution in [-0.4, -0.2) is 4.57 Å². The van der Waals surface area contributed by atoms with E-state index in [1.54, 1.807) is 17.4 Å². The Labute approximate surface area is 454 Å². The number of allylic oxidation sites excluding steroid dienone is 18. The van der Waals surface area contributed by atoms with Crippen LogP contribution in [0.3, 0.4) is 0 Å². The van der Waals surface area contributed by atoms with Crippen molar-refractivity contribution >= 4 is 56.5 Å². The van der Waals surface area contributed by atoms with E-state index >= 15 is 0 Å². The molecule has 8 aromatic rings. The van der Waals surface area contributed by atoms with Crippen molar-refractivity contribution in [3.05, 3.63) is 326 Å². The Morgan fingerprint density at radius 2 is 1.32 bits per heavy atom. The largest absolute Gasteiger partial charge is 0.316 e. The molecule has 2 aromatic heterocycles. The summed E-state index contributed by atoms with van der Waals surface area (Å²) in [6, 6.07) is 55.2. The molecule has 2 heterocycles. The zero-order chi connectivity index (χ0) is 52.8. The van der Waals surface area contributed by atoms with Gasteiger partial charge in [0.25, 0.3) is 0 Å². The number of hydrogen-bond acceptors (Lipinski definition) is 2. The van der Waals surface area contributed by atoms with E-state index in [-0.39, 0.29) is 5.41 Å². The second-order valence-electron chi connectivity index (χ2n) is 19.6. The van der Waals surface area contributed by atoms with Gasteiger partial charge in [-0.1, -0.05) is 217 Å². The van der Waals surface area contributed by atoms with Crippen molar-refractivity contribution in [3.63, 3.8) is 0 Å². The Balaban J connectivity index is 0.987. The van der Waals surface area contributed by atoms with Crippen LogP contribution in [0, 0.1) is 0 Å². The van der Waals surface area contributed by atoms with Gasteiger partial charge in [-0.05, 0) is 152 Å². The summed E-state index contributed by atoms with van der Waals surface area (Å²) in [4.78, 5) is 4.80. The van der Waals surface area contributed by atoms with E-state index in [2.05, 4.69) is 257 Å². The van der Waals surface area contributed by atoms with Crippen LogP contribution in [0.15, 0.2) is 294 Å². The Morgan fingerprint density at radius 3 is 2.00 bits per heavy atom. The molecular weight excluding hydrogens is 937 g/mol. The van der Waals surface area contributed by atoms with Gasteiger partial charge >= 0.3 is 0 Å². The van der Waals surface area contributed by atoms with Crippen LogP contribution in [0.4, 0.5) is 11.4 Å². The maximum atomic E-state index is 4.23. The van der Waals surface area contributed by atoms with Crippen molar-refractivity contribution in [1.29, 1.82) is 0 Å². The fraction of sp³-hybridized carbons (Fsp3) is 0.0685. The lowest BCUT2D eigenvalue weighted by Gasteiger charge is -2.31. The van der Waals surface area contributed by atoms with Gasteiger partial charge in [0.15, 0.2) is 0 Å². The van der Waals surface area contributed by atoms with E-state index in [0.29, 0.717) is 5.92 Å². The molecule has 0 saturated carbocycles. The lowest BCUT2D eigenvalue weighted by molar-refractivity contribution is 0.660. The molecule has 0 bridgehead atoms. The monoisotopic (exact) mass is 998 g/mol. The van der Waals surface area contributed by atoms with Crippen LogP contribution in [0.2, 0.25) is 0 Å². The first-order valence-corrected chi connectivity index (χ1v) is 26.7. The maximum absolute atomic E-state index is 4.23. The molecule has 0 spiro atoms. The molecule has 0 amide bonds. The van der Waals surface area contributed by atoms with Crippen molar-refractivity contribution in [2.45, 2.75) is 31.6 Å². The lowest BCUT2D eigenvalue weighted by Crippen LogP contribution is -2.19. The Morgan fingerprint density at radius 1 is 0.632 bits per heavy atom. The van der Waals surface area contributed by atoms with Crippen LogP contribution in [0.5, 0.6) is 0 Å². The van der Waals surface area contributed by atoms with Crippen molar-refractivity contribution in [3.8, 4) is 32.7 Å². The minimum absolute atomic E-state index is 0.274. The van der Waals surface area contributed by atoms with E-state index in [4.69, 9.17) is 0 Å². The zero-order valence-corrected chi connectivity index (χ0v) is 44.3. The molecule has 0 saturated heterocycles. The van der Waals surface area contributed by atoms with Crippen LogP contribution >= 0.6 is 11.3 Å². The van der Waals surface area contributed by atoms with Gasteiger partial charge in [0.2, 0.25) is 0 Å². The number of fused-ring (bicyclic) bond motifs is 4. The maximum Gasteiger partial charge on any atom is 0.0535 e. The highest BCUT2D eigenvalue weighted by Crippen LogP contribution is 2.52. The van der Waals surface area contributed by atoms with Gasteiger partial charge in [0.05, 0.1) is 5.52 Å². The topological polar surface area (TPSA) is 8.17 Å². The fourth-order valence-corrected chi connectivity index (χ4v) is 11.7. The van der Waals surface area contributed by atoms with E-state index in [1.165, 1.54) is 48.7 Å². The first-order valence-electron chi connectivity index (χ1n) is 25.9. The van der Waals surface area contributed by atoms with E-state index in [1.807, 2.05) is 48.6 Å². The summed E-state index contributed by atoms with van der Waals surface area (Å²) in [6.07, 6.45) is 33.8. The minimum Gasteiger partial charge on any atom is -0.316 e. The SMILES string of the molecule is C=C/C=C(\C=C)c1ccc(N(C2=CCC(c3ccccc3)C=C2)c2ccc3c(c2)C(C)(C)c2cc(-c4ccc5c(c4)c(/C=C(C=C)/C=C/C=C(\C=C)c4ccc(-c6ccccc6)s4)cn5/C(C=C)=C/C=C)ccc2-3)cc1. The molecule has 2 nitrogen and oxygen atoms in total. The summed E-state index contributed by atoms with van der Waals surface area (Å²) in [5, 5.41) is 1.12. The van der Waals surface area contributed by atoms with Gasteiger partial charge in [-0.2, -0.15) is 0 Å². The normalized spacial score (nSPS) is 15.2. The summed E-state index contributed by atoms with van der Waals surface area (Å²) >= 11 is 1.77. The molecule has 0 fully saturated rings. The highest BCUT2D eigenvalue weighted by molar-refractivity contribution is 7.16. The number of benzene rings is 6. The first-order chi connectivity index (χ1) is 37.1. The molecule has 1 unspecified atom stereocenters. The van der Waals surface area contributed by atoms with Crippen LogP contribution < -0.4 is 4.90 Å². The van der Waals surface area contributed by atoms with Crippen molar-refractivity contribution in [2.75, 3.05) is 4.90 Å². The molecule has 6 aromatic carbocycles.